The molecule has 0 fully saturated rings. The van der Waals surface area contributed by atoms with Gasteiger partial charge in [0.2, 0.25) is 0 Å². The molecule has 0 aliphatic rings. The van der Waals surface area contributed by atoms with Gasteiger partial charge in [0.15, 0.2) is 0 Å². The highest BCUT2D eigenvalue weighted by molar-refractivity contribution is 6.31. The smallest absolute Gasteiger partial charge is 0.0453 e. The zero-order chi connectivity index (χ0) is 13.4. The highest BCUT2D eigenvalue weighted by Gasteiger charge is 2.17. The van der Waals surface area contributed by atoms with E-state index in [1.807, 2.05) is 19.2 Å². The van der Waals surface area contributed by atoms with Crippen LogP contribution in [0.3, 0.4) is 0 Å². The molecule has 0 aliphatic heterocycles. The van der Waals surface area contributed by atoms with Gasteiger partial charge in [-0.2, -0.15) is 0 Å². The Morgan fingerprint density at radius 1 is 1.22 bits per heavy atom. The van der Waals surface area contributed by atoms with Gasteiger partial charge in [-0.15, -0.1) is 0 Å². The highest BCUT2D eigenvalue weighted by atomic mass is 35.5. The van der Waals surface area contributed by atoms with E-state index < -0.39 is 0 Å². The van der Waals surface area contributed by atoms with Gasteiger partial charge in [0.25, 0.3) is 0 Å². The summed E-state index contributed by atoms with van der Waals surface area (Å²) in [6.07, 6.45) is 6.37. The number of halogens is 1. The summed E-state index contributed by atoms with van der Waals surface area (Å²) < 4.78 is 0. The molecule has 0 spiro atoms. The SMILES string of the molecule is CCCCC(CC)CC(NC)c1ccccc1Cl. The summed E-state index contributed by atoms with van der Waals surface area (Å²) in [5.74, 6) is 0.790. The minimum absolute atomic E-state index is 0.375. The molecule has 0 radical (unpaired) electrons. The van der Waals surface area contributed by atoms with Gasteiger partial charge in [-0.25, -0.2) is 0 Å². The highest BCUT2D eigenvalue weighted by Crippen LogP contribution is 2.30. The lowest BCUT2D eigenvalue weighted by atomic mass is 9.89. The minimum Gasteiger partial charge on any atom is -0.313 e. The molecule has 0 saturated heterocycles. The first kappa shape index (κ1) is 15.5. The maximum atomic E-state index is 6.29. The predicted octanol–water partition coefficient (Wildman–Crippen LogP) is 5.21. The molecule has 1 aromatic rings. The monoisotopic (exact) mass is 267 g/mol. The molecule has 0 aromatic heterocycles. The predicted molar refractivity (Wildman–Crippen MR) is 81.2 cm³/mol. The van der Waals surface area contributed by atoms with Crippen molar-refractivity contribution >= 4 is 11.6 Å². The molecular formula is C16H26ClN. The van der Waals surface area contributed by atoms with E-state index in [4.69, 9.17) is 11.6 Å². The number of hydrogen-bond donors (Lipinski definition) is 1. The van der Waals surface area contributed by atoms with Crippen LogP contribution in [0, 0.1) is 5.92 Å². The van der Waals surface area contributed by atoms with Gasteiger partial charge in [-0.3, -0.25) is 0 Å². The molecule has 2 atom stereocenters. The maximum Gasteiger partial charge on any atom is 0.0453 e. The third-order valence-corrected chi connectivity index (χ3v) is 4.09. The molecule has 0 bridgehead atoms. The standard InChI is InChI=1S/C16H26ClN/c1-4-6-9-13(5-2)12-16(18-3)14-10-7-8-11-15(14)17/h7-8,10-11,13,16,18H,4-6,9,12H2,1-3H3. The molecule has 1 aromatic carbocycles. The zero-order valence-corrected chi connectivity index (χ0v) is 12.6. The maximum absolute atomic E-state index is 6.29. The molecule has 1 N–H and O–H groups in total. The molecule has 2 heteroatoms. The molecule has 1 rings (SSSR count). The second-order valence-corrected chi connectivity index (χ2v) is 5.42. The van der Waals surface area contributed by atoms with Crippen molar-refractivity contribution in [1.82, 2.24) is 5.32 Å². The van der Waals surface area contributed by atoms with Crippen LogP contribution in [-0.2, 0) is 0 Å². The average Bonchev–Trinajstić information content (AvgIpc) is 2.40. The Labute approximate surface area is 117 Å². The Hall–Kier alpha value is -0.530. The van der Waals surface area contributed by atoms with E-state index in [0.29, 0.717) is 6.04 Å². The van der Waals surface area contributed by atoms with Crippen molar-refractivity contribution in [2.75, 3.05) is 7.05 Å². The Morgan fingerprint density at radius 3 is 2.50 bits per heavy atom. The lowest BCUT2D eigenvalue weighted by molar-refractivity contribution is 0.365. The van der Waals surface area contributed by atoms with Crippen LogP contribution in [0.5, 0.6) is 0 Å². The van der Waals surface area contributed by atoms with Crippen molar-refractivity contribution in [1.29, 1.82) is 0 Å². The van der Waals surface area contributed by atoms with Gasteiger partial charge < -0.3 is 5.32 Å². The number of benzene rings is 1. The number of rotatable bonds is 8. The van der Waals surface area contributed by atoms with Crippen LogP contribution in [0.15, 0.2) is 24.3 Å². The summed E-state index contributed by atoms with van der Waals surface area (Å²) in [6, 6.07) is 8.55. The Kier molecular flexibility index (Phi) is 7.38. The number of nitrogens with one attached hydrogen (secondary N) is 1. The van der Waals surface area contributed by atoms with E-state index >= 15 is 0 Å². The topological polar surface area (TPSA) is 12.0 Å². The fraction of sp³-hybridized carbons (Fsp3) is 0.625. The van der Waals surface area contributed by atoms with Gasteiger partial charge in [-0.1, -0.05) is 69.3 Å². The summed E-state index contributed by atoms with van der Waals surface area (Å²) in [7, 11) is 2.03. The first-order valence-electron chi connectivity index (χ1n) is 7.14. The third kappa shape index (κ3) is 4.62. The van der Waals surface area contributed by atoms with Crippen molar-refractivity contribution in [2.45, 2.75) is 52.0 Å². The third-order valence-electron chi connectivity index (χ3n) is 3.74. The van der Waals surface area contributed by atoms with Gasteiger partial charge in [0.05, 0.1) is 0 Å². The molecular weight excluding hydrogens is 242 g/mol. The van der Waals surface area contributed by atoms with Crippen molar-refractivity contribution in [3.8, 4) is 0 Å². The van der Waals surface area contributed by atoms with Crippen molar-refractivity contribution in [3.63, 3.8) is 0 Å². The Bertz CT molecular complexity index is 338. The van der Waals surface area contributed by atoms with E-state index in [2.05, 4.69) is 31.3 Å². The Morgan fingerprint density at radius 2 is 1.94 bits per heavy atom. The molecule has 0 amide bonds. The molecule has 18 heavy (non-hydrogen) atoms. The fourth-order valence-electron chi connectivity index (χ4n) is 2.47. The number of hydrogen-bond acceptors (Lipinski definition) is 1. The molecule has 0 saturated carbocycles. The summed E-state index contributed by atoms with van der Waals surface area (Å²) in [4.78, 5) is 0. The molecule has 0 heterocycles. The van der Waals surface area contributed by atoms with Crippen molar-refractivity contribution in [2.24, 2.45) is 5.92 Å². The minimum atomic E-state index is 0.375. The Balaban J connectivity index is 2.68. The van der Waals surface area contributed by atoms with Crippen LogP contribution in [-0.4, -0.2) is 7.05 Å². The van der Waals surface area contributed by atoms with Crippen LogP contribution in [0.1, 0.15) is 57.6 Å². The summed E-state index contributed by atoms with van der Waals surface area (Å²) >= 11 is 6.29. The largest absolute Gasteiger partial charge is 0.313 e. The van der Waals surface area contributed by atoms with Crippen LogP contribution in [0.2, 0.25) is 5.02 Å². The van der Waals surface area contributed by atoms with Crippen LogP contribution < -0.4 is 5.32 Å². The molecule has 0 aliphatic carbocycles. The summed E-state index contributed by atoms with van der Waals surface area (Å²) in [5, 5.41) is 4.29. The zero-order valence-electron chi connectivity index (χ0n) is 11.9. The van der Waals surface area contributed by atoms with Gasteiger partial charge in [0, 0.05) is 11.1 Å². The van der Waals surface area contributed by atoms with Gasteiger partial charge >= 0.3 is 0 Å². The van der Waals surface area contributed by atoms with E-state index in [1.165, 1.54) is 37.7 Å². The van der Waals surface area contributed by atoms with Crippen LogP contribution in [0.25, 0.3) is 0 Å². The van der Waals surface area contributed by atoms with E-state index in [1.54, 1.807) is 0 Å². The van der Waals surface area contributed by atoms with Crippen molar-refractivity contribution < 1.29 is 0 Å². The second kappa shape index (κ2) is 8.55. The lowest BCUT2D eigenvalue weighted by Gasteiger charge is -2.23. The van der Waals surface area contributed by atoms with Gasteiger partial charge in [-0.05, 0) is 31.0 Å². The second-order valence-electron chi connectivity index (χ2n) is 5.01. The van der Waals surface area contributed by atoms with E-state index in [0.717, 1.165) is 10.9 Å². The quantitative estimate of drug-likeness (QED) is 0.682. The lowest BCUT2D eigenvalue weighted by Crippen LogP contribution is -2.20. The summed E-state index contributed by atoms with van der Waals surface area (Å²) in [6.45, 7) is 4.55. The molecule has 1 nitrogen and oxygen atoms in total. The van der Waals surface area contributed by atoms with Crippen molar-refractivity contribution in [3.05, 3.63) is 34.9 Å². The number of unbranched alkanes of at least 4 members (excludes halogenated alkanes) is 1. The van der Waals surface area contributed by atoms with Crippen LogP contribution >= 0.6 is 11.6 Å². The van der Waals surface area contributed by atoms with Crippen LogP contribution in [0.4, 0.5) is 0 Å². The average molecular weight is 268 g/mol. The fourth-order valence-corrected chi connectivity index (χ4v) is 2.74. The first-order chi connectivity index (χ1) is 8.72. The van der Waals surface area contributed by atoms with E-state index in [9.17, 15) is 0 Å². The molecule has 2 unspecified atom stereocenters. The first-order valence-corrected chi connectivity index (χ1v) is 7.52. The van der Waals surface area contributed by atoms with Gasteiger partial charge in [0.1, 0.15) is 0 Å². The molecule has 102 valence electrons. The van der Waals surface area contributed by atoms with E-state index in [-0.39, 0.29) is 0 Å². The normalized spacial score (nSPS) is 14.4. The summed E-state index contributed by atoms with van der Waals surface area (Å²) in [5.41, 5.74) is 1.23.